The Bertz CT molecular complexity index is 1200. The first kappa shape index (κ1) is 26.6. The van der Waals surface area contributed by atoms with E-state index in [0.29, 0.717) is 13.1 Å². The van der Waals surface area contributed by atoms with Crippen molar-refractivity contribution in [1.82, 2.24) is 20.3 Å². The molecule has 3 aromatic carbocycles. The van der Waals surface area contributed by atoms with E-state index in [1.54, 1.807) is 11.2 Å². The Kier molecular flexibility index (Phi) is 10.6. The molecule has 39 heavy (non-hydrogen) atoms. The van der Waals surface area contributed by atoms with Crippen LogP contribution in [0.3, 0.4) is 0 Å². The van der Waals surface area contributed by atoms with Crippen LogP contribution in [-0.4, -0.2) is 34.1 Å². The van der Waals surface area contributed by atoms with E-state index in [-0.39, 0.29) is 19.1 Å². The van der Waals surface area contributed by atoms with Gasteiger partial charge in [-0.3, -0.25) is 9.99 Å². The summed E-state index contributed by atoms with van der Waals surface area (Å²) in [5, 5.41) is 6.88. The molecule has 1 unspecified atom stereocenters. The second-order valence-corrected chi connectivity index (χ2v) is 9.97. The van der Waals surface area contributed by atoms with Crippen molar-refractivity contribution in [2.24, 2.45) is 0 Å². The summed E-state index contributed by atoms with van der Waals surface area (Å²) < 4.78 is 8.29. The molecule has 5 heteroatoms. The number of rotatable bonds is 14. The topological polar surface area (TPSA) is 48.5 Å². The molecular weight excluding hydrogens is 480 g/mol. The number of carbonyl (C=O) groups is 1. The molecule has 0 saturated carbocycles. The van der Waals surface area contributed by atoms with Crippen LogP contribution in [0.5, 0.6) is 0 Å². The zero-order chi connectivity index (χ0) is 27.8. The Balaban J connectivity index is 1.46. The minimum atomic E-state index is -0.155. The van der Waals surface area contributed by atoms with Gasteiger partial charge in [0.1, 0.15) is 0 Å². The third-order valence-electron chi connectivity index (χ3n) is 6.89. The maximum atomic E-state index is 13.9. The van der Waals surface area contributed by atoms with Crippen LogP contribution in [0, 0.1) is 0 Å². The second kappa shape index (κ2) is 15.5. The molecule has 0 radical (unpaired) electrons. The van der Waals surface area contributed by atoms with Crippen molar-refractivity contribution in [3.8, 4) is 0 Å². The van der Waals surface area contributed by atoms with Gasteiger partial charge in [-0.1, -0.05) is 97.1 Å². The van der Waals surface area contributed by atoms with E-state index in [0.717, 1.165) is 49.7 Å². The van der Waals surface area contributed by atoms with Crippen LogP contribution < -0.4 is 5.32 Å². The van der Waals surface area contributed by atoms with E-state index in [1.165, 1.54) is 11.1 Å². The molecule has 2 amide bonds. The fraction of sp³-hybridized carbons (Fsp3) is 0.294. The summed E-state index contributed by atoms with van der Waals surface area (Å²) in [5.41, 5.74) is 4.63. The maximum absolute atomic E-state index is 13.9. The number of amides is 2. The molecule has 4 rings (SSSR count). The Hall–Kier alpha value is -3.96. The number of hydrogen-bond donors (Lipinski definition) is 1. The van der Waals surface area contributed by atoms with E-state index >= 15 is 0 Å². The summed E-state index contributed by atoms with van der Waals surface area (Å²) in [4.78, 5) is 18.1. The molecule has 202 valence electrons. The van der Waals surface area contributed by atoms with Crippen LogP contribution in [-0.2, 0) is 25.9 Å². The van der Waals surface area contributed by atoms with Gasteiger partial charge in [0.2, 0.25) is 0 Å². The first-order valence-corrected chi connectivity index (χ1v) is 13.8. The lowest BCUT2D eigenvalue weighted by Gasteiger charge is -2.34. The van der Waals surface area contributed by atoms with E-state index in [1.807, 2.05) is 84.0 Å². The minimum Gasteiger partial charge on any atom is -0.334 e. The molecule has 1 atom stereocenters. The predicted octanol–water partition coefficient (Wildman–Crippen LogP) is 7.05. The van der Waals surface area contributed by atoms with Gasteiger partial charge < -0.3 is 5.32 Å². The first-order valence-electron chi connectivity index (χ1n) is 14.5. The molecule has 4 aromatic rings. The maximum Gasteiger partial charge on any atom is 0.332 e. The molecule has 0 aliphatic heterocycles. The van der Waals surface area contributed by atoms with E-state index < -0.39 is 0 Å². The van der Waals surface area contributed by atoms with Crippen molar-refractivity contribution in [1.29, 1.82) is 0 Å². The number of aryl methyl sites for hydroxylation is 2. The van der Waals surface area contributed by atoms with Crippen LogP contribution in [0.4, 0.5) is 4.79 Å². The van der Waals surface area contributed by atoms with Gasteiger partial charge in [0, 0.05) is 33.4 Å². The molecular formula is C34H40N4O. The Labute approximate surface area is 234 Å². The summed E-state index contributed by atoms with van der Waals surface area (Å²) in [6, 6.07) is 34.5. The highest BCUT2D eigenvalue weighted by Crippen LogP contribution is 2.15. The lowest BCUT2D eigenvalue weighted by atomic mass is 9.99. The lowest BCUT2D eigenvalue weighted by Crippen LogP contribution is -2.51. The van der Waals surface area contributed by atoms with Crippen molar-refractivity contribution in [3.05, 3.63) is 138 Å². The number of pyridine rings is 1. The van der Waals surface area contributed by atoms with Gasteiger partial charge in [0.15, 0.2) is 0 Å². The first-order chi connectivity index (χ1) is 19.7. The molecule has 0 aliphatic carbocycles. The Morgan fingerprint density at radius 2 is 1.28 bits per heavy atom. The average molecular weight is 522 g/mol. The summed E-state index contributed by atoms with van der Waals surface area (Å²) in [5.74, 6) is 0. The number of aromatic nitrogens is 1. The van der Waals surface area contributed by atoms with E-state index in [2.05, 4.69) is 40.6 Å². The fourth-order valence-electron chi connectivity index (χ4n) is 4.77. The SMILES string of the molecule is [2H]CN(Cc1ccccc1)N(Cc1ccccc1)C(=O)NC(CCCc1ccccc1)CCCc1cccnc1. The molecule has 0 spiro atoms. The van der Waals surface area contributed by atoms with Gasteiger partial charge >= 0.3 is 6.03 Å². The molecule has 5 nitrogen and oxygen atoms in total. The number of nitrogens with zero attached hydrogens (tertiary/aromatic N) is 3. The number of urea groups is 1. The van der Waals surface area contributed by atoms with Gasteiger partial charge in [-0.25, -0.2) is 9.80 Å². The van der Waals surface area contributed by atoms with Crippen LogP contribution in [0.1, 0.15) is 49.3 Å². The zero-order valence-corrected chi connectivity index (χ0v) is 22.7. The van der Waals surface area contributed by atoms with Gasteiger partial charge in [-0.15, -0.1) is 0 Å². The standard InChI is InChI=1S/C34H40N4O/c1-37(27-31-16-7-3-8-17-31)38(28-32-18-9-4-10-19-32)34(39)36-33(23-11-20-29-14-5-2-6-15-29)24-12-21-30-22-13-25-35-26-30/h2-10,13-19,22,25-26,33H,11-12,20-21,23-24,27-28H2,1H3,(H,36,39)/i1D. The lowest BCUT2D eigenvalue weighted by molar-refractivity contribution is 0.0223. The summed E-state index contributed by atoms with van der Waals surface area (Å²) in [6.45, 7) is 0.898. The van der Waals surface area contributed by atoms with Gasteiger partial charge in [-0.05, 0) is 66.8 Å². The highest BCUT2D eigenvalue weighted by molar-refractivity contribution is 5.74. The second-order valence-electron chi connectivity index (χ2n) is 9.97. The van der Waals surface area contributed by atoms with Crippen LogP contribution >= 0.6 is 0 Å². The highest BCUT2D eigenvalue weighted by atomic mass is 16.2. The number of benzene rings is 3. The Morgan fingerprint density at radius 3 is 1.85 bits per heavy atom. The number of hydrogen-bond acceptors (Lipinski definition) is 3. The quantitative estimate of drug-likeness (QED) is 0.181. The van der Waals surface area contributed by atoms with Gasteiger partial charge in [0.05, 0.1) is 6.54 Å². The van der Waals surface area contributed by atoms with Crippen molar-refractivity contribution in [3.63, 3.8) is 0 Å². The molecule has 1 aromatic heterocycles. The predicted molar refractivity (Wildman–Crippen MR) is 159 cm³/mol. The average Bonchev–Trinajstić information content (AvgIpc) is 3.01. The molecule has 0 aliphatic rings. The van der Waals surface area contributed by atoms with E-state index in [9.17, 15) is 4.79 Å². The van der Waals surface area contributed by atoms with Crippen LogP contribution in [0.15, 0.2) is 116 Å². The van der Waals surface area contributed by atoms with E-state index in [4.69, 9.17) is 1.37 Å². The highest BCUT2D eigenvalue weighted by Gasteiger charge is 2.22. The summed E-state index contributed by atoms with van der Waals surface area (Å²) >= 11 is 0. The monoisotopic (exact) mass is 521 g/mol. The zero-order valence-electron chi connectivity index (χ0n) is 23.7. The van der Waals surface area contributed by atoms with Gasteiger partial charge in [-0.2, -0.15) is 0 Å². The van der Waals surface area contributed by atoms with Crippen molar-refractivity contribution in [2.45, 2.75) is 57.7 Å². The van der Waals surface area contributed by atoms with Crippen molar-refractivity contribution >= 4 is 6.03 Å². The largest absolute Gasteiger partial charge is 0.334 e. The third kappa shape index (κ3) is 9.69. The minimum absolute atomic E-state index is 0.0190. The summed E-state index contributed by atoms with van der Waals surface area (Å²) in [6.07, 6.45) is 9.36. The third-order valence-corrected chi connectivity index (χ3v) is 6.89. The number of nitrogens with one attached hydrogen (secondary N) is 1. The number of hydrazine groups is 1. The van der Waals surface area contributed by atoms with Gasteiger partial charge in [0.25, 0.3) is 0 Å². The van der Waals surface area contributed by atoms with Crippen LogP contribution in [0.25, 0.3) is 0 Å². The molecule has 1 N–H and O–H groups in total. The van der Waals surface area contributed by atoms with Crippen LogP contribution in [0.2, 0.25) is 0 Å². The molecule has 0 fully saturated rings. The fourth-order valence-corrected chi connectivity index (χ4v) is 4.77. The Morgan fingerprint density at radius 1 is 0.744 bits per heavy atom. The molecule has 1 heterocycles. The van der Waals surface area contributed by atoms with Crippen molar-refractivity contribution < 1.29 is 6.17 Å². The smallest absolute Gasteiger partial charge is 0.332 e. The molecule has 0 saturated heterocycles. The molecule has 0 bridgehead atoms. The number of carbonyl (C=O) groups excluding carboxylic acids is 1. The summed E-state index contributed by atoms with van der Waals surface area (Å²) in [7, 11) is -0.0190. The van der Waals surface area contributed by atoms with Crippen molar-refractivity contribution in [2.75, 3.05) is 7.02 Å². The normalized spacial score (nSPS) is 12.1.